The smallest absolute Gasteiger partial charge is 0.231 e. The lowest BCUT2D eigenvalue weighted by molar-refractivity contribution is 0.663. The van der Waals surface area contributed by atoms with Gasteiger partial charge in [0.2, 0.25) is 16.5 Å². The second-order valence-corrected chi connectivity index (χ2v) is 4.83. The van der Waals surface area contributed by atoms with Gasteiger partial charge in [-0.3, -0.25) is 0 Å². The normalized spacial score (nSPS) is 14.7. The Bertz CT molecular complexity index is 575. The molecule has 18 heavy (non-hydrogen) atoms. The number of halogens is 2. The zero-order valence-corrected chi connectivity index (χ0v) is 11.2. The molecule has 1 radical (unpaired) electrons. The van der Waals surface area contributed by atoms with Gasteiger partial charge in [0, 0.05) is 19.3 Å². The number of fused-ring (bicyclic) bond motifs is 1. The topological polar surface area (TPSA) is 46.8 Å². The summed E-state index contributed by atoms with van der Waals surface area (Å²) in [5.41, 5.74) is 2.54. The van der Waals surface area contributed by atoms with E-state index in [1.54, 1.807) is 0 Å². The van der Waals surface area contributed by atoms with E-state index in [2.05, 4.69) is 21.1 Å². The zero-order chi connectivity index (χ0) is 12.7. The SMILES string of the molecule is Cn1[c]cc2c1CN(c1nc(Cl)nc(Cl)n1)CC2. The van der Waals surface area contributed by atoms with Crippen molar-refractivity contribution in [3.05, 3.63) is 34.1 Å². The van der Waals surface area contributed by atoms with Crippen molar-refractivity contribution in [2.75, 3.05) is 11.4 Å². The molecule has 1 aliphatic rings. The Morgan fingerprint density at radius 3 is 2.67 bits per heavy atom. The number of anilines is 1. The van der Waals surface area contributed by atoms with Gasteiger partial charge in [0.1, 0.15) is 0 Å². The molecule has 0 bridgehead atoms. The maximum atomic E-state index is 5.80. The number of aromatic nitrogens is 4. The summed E-state index contributed by atoms with van der Waals surface area (Å²) in [6.45, 7) is 1.56. The first kappa shape index (κ1) is 11.7. The minimum absolute atomic E-state index is 0.120. The van der Waals surface area contributed by atoms with Gasteiger partial charge in [-0.15, -0.1) is 0 Å². The molecule has 3 rings (SSSR count). The Hall–Kier alpha value is -1.33. The average Bonchev–Trinajstić information content (AvgIpc) is 2.69. The predicted octanol–water partition coefficient (Wildman–Crippen LogP) is 1.88. The molecular weight excluding hydrogens is 273 g/mol. The number of hydrogen-bond acceptors (Lipinski definition) is 4. The van der Waals surface area contributed by atoms with Crippen LogP contribution in [0.25, 0.3) is 0 Å². The third-order valence-electron chi connectivity index (χ3n) is 3.05. The van der Waals surface area contributed by atoms with Crippen LogP contribution in [0.3, 0.4) is 0 Å². The number of hydrogen-bond donors (Lipinski definition) is 0. The molecule has 0 aliphatic carbocycles. The quantitative estimate of drug-likeness (QED) is 0.801. The van der Waals surface area contributed by atoms with Crippen molar-refractivity contribution in [2.24, 2.45) is 7.05 Å². The molecular formula is C11H10Cl2N5. The summed E-state index contributed by atoms with van der Waals surface area (Å²) in [4.78, 5) is 14.0. The molecule has 2 aromatic rings. The average molecular weight is 283 g/mol. The second kappa shape index (κ2) is 4.40. The molecule has 0 spiro atoms. The molecule has 0 amide bonds. The van der Waals surface area contributed by atoms with Crippen LogP contribution in [0.15, 0.2) is 6.07 Å². The fourth-order valence-corrected chi connectivity index (χ4v) is 2.47. The van der Waals surface area contributed by atoms with Crippen LogP contribution in [-0.4, -0.2) is 26.1 Å². The van der Waals surface area contributed by atoms with Crippen molar-refractivity contribution >= 4 is 29.2 Å². The molecule has 1 aliphatic heterocycles. The number of rotatable bonds is 1. The molecule has 0 atom stereocenters. The lowest BCUT2D eigenvalue weighted by Crippen LogP contribution is -2.32. The third kappa shape index (κ3) is 2.04. The second-order valence-electron chi connectivity index (χ2n) is 4.15. The van der Waals surface area contributed by atoms with Crippen LogP contribution in [0.5, 0.6) is 0 Å². The minimum Gasteiger partial charge on any atom is -0.345 e. The number of nitrogens with zero attached hydrogens (tertiary/aromatic N) is 5. The van der Waals surface area contributed by atoms with Crippen molar-refractivity contribution in [1.29, 1.82) is 0 Å². The maximum Gasteiger partial charge on any atom is 0.231 e. The van der Waals surface area contributed by atoms with Crippen molar-refractivity contribution < 1.29 is 0 Å². The summed E-state index contributed by atoms with van der Waals surface area (Å²) in [7, 11) is 1.98. The highest BCUT2D eigenvalue weighted by molar-refractivity contribution is 6.31. The van der Waals surface area contributed by atoms with Gasteiger partial charge in [-0.1, -0.05) is 0 Å². The van der Waals surface area contributed by atoms with Gasteiger partial charge >= 0.3 is 0 Å². The molecule has 7 heteroatoms. The molecule has 2 aromatic heterocycles. The Morgan fingerprint density at radius 1 is 1.22 bits per heavy atom. The Morgan fingerprint density at radius 2 is 1.94 bits per heavy atom. The van der Waals surface area contributed by atoms with Gasteiger partial charge in [0.15, 0.2) is 0 Å². The summed E-state index contributed by atoms with van der Waals surface area (Å²) in [6.07, 6.45) is 4.10. The maximum absolute atomic E-state index is 5.80. The Balaban J connectivity index is 1.93. The van der Waals surface area contributed by atoms with Crippen LogP contribution < -0.4 is 4.90 Å². The minimum atomic E-state index is 0.120. The highest BCUT2D eigenvalue weighted by Crippen LogP contribution is 2.23. The van der Waals surface area contributed by atoms with Crippen molar-refractivity contribution in [1.82, 2.24) is 19.5 Å². The van der Waals surface area contributed by atoms with E-state index in [1.807, 2.05) is 22.6 Å². The molecule has 5 nitrogen and oxygen atoms in total. The Labute approximate surface area is 114 Å². The van der Waals surface area contributed by atoms with E-state index in [0.29, 0.717) is 5.95 Å². The van der Waals surface area contributed by atoms with Gasteiger partial charge in [0.05, 0.1) is 12.7 Å². The van der Waals surface area contributed by atoms with Crippen LogP contribution in [0.1, 0.15) is 11.3 Å². The lowest BCUT2D eigenvalue weighted by atomic mass is 10.1. The highest BCUT2D eigenvalue weighted by atomic mass is 35.5. The monoisotopic (exact) mass is 282 g/mol. The fourth-order valence-electron chi connectivity index (χ4n) is 2.12. The van der Waals surface area contributed by atoms with Crippen LogP contribution >= 0.6 is 23.2 Å². The van der Waals surface area contributed by atoms with Gasteiger partial charge in [-0.05, 0) is 41.3 Å². The van der Waals surface area contributed by atoms with Gasteiger partial charge < -0.3 is 9.47 Å². The van der Waals surface area contributed by atoms with Crippen molar-refractivity contribution in [3.63, 3.8) is 0 Å². The van der Waals surface area contributed by atoms with Crippen molar-refractivity contribution in [2.45, 2.75) is 13.0 Å². The molecule has 3 heterocycles. The van der Waals surface area contributed by atoms with Crippen LogP contribution in [0.4, 0.5) is 5.95 Å². The van der Waals surface area contributed by atoms with Crippen molar-refractivity contribution in [3.8, 4) is 0 Å². The lowest BCUT2D eigenvalue weighted by Gasteiger charge is -2.27. The molecule has 0 N–H and O–H groups in total. The van der Waals surface area contributed by atoms with E-state index < -0.39 is 0 Å². The third-order valence-corrected chi connectivity index (χ3v) is 3.39. The van der Waals surface area contributed by atoms with E-state index in [0.717, 1.165) is 19.5 Å². The van der Waals surface area contributed by atoms with Gasteiger partial charge in [-0.2, -0.15) is 15.0 Å². The van der Waals surface area contributed by atoms with Crippen LogP contribution in [0.2, 0.25) is 10.6 Å². The van der Waals surface area contributed by atoms with E-state index in [-0.39, 0.29) is 10.6 Å². The molecule has 0 unspecified atom stereocenters. The summed E-state index contributed by atoms with van der Waals surface area (Å²) < 4.78 is 1.99. The van der Waals surface area contributed by atoms with E-state index in [4.69, 9.17) is 23.2 Å². The molecule has 0 fully saturated rings. The largest absolute Gasteiger partial charge is 0.345 e. The molecule has 0 saturated heterocycles. The molecule has 93 valence electrons. The predicted molar refractivity (Wildman–Crippen MR) is 68.9 cm³/mol. The number of aryl methyl sites for hydroxylation is 1. The standard InChI is InChI=1S/C11H10Cl2N5/c1-17-4-2-7-3-5-18(6-8(7)17)11-15-9(12)14-10(13)16-11/h2H,3,5-6H2,1H3. The summed E-state index contributed by atoms with van der Waals surface area (Å²) in [5.74, 6) is 0.520. The van der Waals surface area contributed by atoms with Gasteiger partial charge in [-0.25, -0.2) is 0 Å². The van der Waals surface area contributed by atoms with E-state index in [9.17, 15) is 0 Å². The fraction of sp³-hybridized carbons (Fsp3) is 0.364. The zero-order valence-electron chi connectivity index (χ0n) is 9.69. The summed E-state index contributed by atoms with van der Waals surface area (Å²) in [5, 5.41) is 0.239. The van der Waals surface area contributed by atoms with Gasteiger partial charge in [0.25, 0.3) is 0 Å². The van der Waals surface area contributed by atoms with Crippen LogP contribution in [0, 0.1) is 6.20 Å². The first-order chi connectivity index (χ1) is 8.63. The highest BCUT2D eigenvalue weighted by Gasteiger charge is 2.21. The van der Waals surface area contributed by atoms with Crippen LogP contribution in [-0.2, 0) is 20.0 Å². The van der Waals surface area contributed by atoms with E-state index >= 15 is 0 Å². The van der Waals surface area contributed by atoms with E-state index in [1.165, 1.54) is 11.3 Å². The first-order valence-corrected chi connectivity index (χ1v) is 6.26. The first-order valence-electron chi connectivity index (χ1n) is 5.50. The summed E-state index contributed by atoms with van der Waals surface area (Å²) in [6, 6.07) is 2.03. The Kier molecular flexibility index (Phi) is 2.87. The summed E-state index contributed by atoms with van der Waals surface area (Å²) >= 11 is 11.6. The molecule has 0 saturated carbocycles. The molecule has 0 aromatic carbocycles.